The molecule has 0 spiro atoms. The number of esters is 2. The van der Waals surface area contributed by atoms with Gasteiger partial charge in [-0.15, -0.1) is 0 Å². The molecule has 0 heterocycles. The van der Waals surface area contributed by atoms with Gasteiger partial charge in [-0.2, -0.15) is 0 Å². The standard InChI is InChI=1S/C55H100O5/c1-4-7-10-13-16-19-22-24-26-28-29-31-34-36-39-42-45-48-54(56)59-52-53(60-55(57)49-46-43-40-37-33-21-18-15-12-9-6-3)51-58-50-47-44-41-38-35-32-30-27-25-23-20-17-14-11-8-5-2/h15-16,18-19,24,26,29,31,53H,4-14,17,20-23,25,27-28,30,32-52H2,1-3H3/b18-15-,19-16-,26-24-,31-29-/t53-/m1/s1. The zero-order valence-electron chi connectivity index (χ0n) is 40.2. The summed E-state index contributed by atoms with van der Waals surface area (Å²) in [6.45, 7) is 7.77. The largest absolute Gasteiger partial charge is 0.462 e. The van der Waals surface area contributed by atoms with Crippen molar-refractivity contribution in [2.45, 2.75) is 271 Å². The second kappa shape index (κ2) is 51.2. The number of carbonyl (C=O) groups is 2. The maximum absolute atomic E-state index is 12.8. The highest BCUT2D eigenvalue weighted by atomic mass is 16.6. The van der Waals surface area contributed by atoms with E-state index in [2.05, 4.69) is 69.4 Å². The number of carbonyl (C=O) groups excluding carboxylic acids is 2. The Morgan fingerprint density at radius 1 is 0.367 bits per heavy atom. The van der Waals surface area contributed by atoms with Gasteiger partial charge in [-0.05, 0) is 77.0 Å². The lowest BCUT2D eigenvalue weighted by atomic mass is 10.0. The highest BCUT2D eigenvalue weighted by Gasteiger charge is 2.17. The lowest BCUT2D eigenvalue weighted by Gasteiger charge is -2.18. The Morgan fingerprint density at radius 3 is 1.22 bits per heavy atom. The molecular weight excluding hydrogens is 741 g/mol. The van der Waals surface area contributed by atoms with Crippen molar-refractivity contribution in [1.82, 2.24) is 0 Å². The fourth-order valence-corrected chi connectivity index (χ4v) is 7.38. The maximum atomic E-state index is 12.8. The minimum Gasteiger partial charge on any atom is -0.462 e. The summed E-state index contributed by atoms with van der Waals surface area (Å²) in [5.41, 5.74) is 0. The molecule has 0 unspecified atom stereocenters. The van der Waals surface area contributed by atoms with E-state index in [1.54, 1.807) is 0 Å². The van der Waals surface area contributed by atoms with Gasteiger partial charge in [0, 0.05) is 19.4 Å². The van der Waals surface area contributed by atoms with Crippen molar-refractivity contribution in [3.63, 3.8) is 0 Å². The Morgan fingerprint density at radius 2 is 0.717 bits per heavy atom. The Labute approximate surface area is 373 Å². The molecule has 0 aromatic rings. The van der Waals surface area contributed by atoms with Gasteiger partial charge in [0.05, 0.1) is 6.61 Å². The quantitative estimate of drug-likeness (QED) is 0.0347. The minimum atomic E-state index is -0.546. The maximum Gasteiger partial charge on any atom is 0.306 e. The molecule has 1 atom stereocenters. The van der Waals surface area contributed by atoms with Crippen LogP contribution in [0, 0.1) is 0 Å². The molecular formula is C55H100O5. The number of allylic oxidation sites excluding steroid dienone is 8. The SMILES string of the molecule is CCCC/C=C\CCCCCCCC(=O)O[C@H](COCCCCCCCCCCCCCCCCCC)COC(=O)CCCCCC/C=C\C/C=C\C/C=C\CCCCC. The van der Waals surface area contributed by atoms with Crippen molar-refractivity contribution in [1.29, 1.82) is 0 Å². The second-order valence-corrected chi connectivity index (χ2v) is 17.4. The fourth-order valence-electron chi connectivity index (χ4n) is 7.38. The number of hydrogen-bond donors (Lipinski definition) is 0. The van der Waals surface area contributed by atoms with Gasteiger partial charge in [-0.25, -0.2) is 0 Å². The molecule has 0 amide bonds. The first-order valence-corrected chi connectivity index (χ1v) is 26.2. The smallest absolute Gasteiger partial charge is 0.306 e. The molecule has 0 aliphatic carbocycles. The van der Waals surface area contributed by atoms with Crippen LogP contribution < -0.4 is 0 Å². The molecule has 0 aromatic heterocycles. The summed E-state index contributed by atoms with van der Waals surface area (Å²) in [6, 6.07) is 0. The Bertz CT molecular complexity index is 997. The Kier molecular flexibility index (Phi) is 49.4. The molecule has 0 rings (SSSR count). The average Bonchev–Trinajstić information content (AvgIpc) is 3.25. The first kappa shape index (κ1) is 57.9. The first-order valence-electron chi connectivity index (χ1n) is 26.2. The van der Waals surface area contributed by atoms with Crippen LogP contribution in [0.15, 0.2) is 48.6 Å². The van der Waals surface area contributed by atoms with E-state index in [0.717, 1.165) is 83.5 Å². The van der Waals surface area contributed by atoms with Gasteiger partial charge < -0.3 is 14.2 Å². The van der Waals surface area contributed by atoms with Gasteiger partial charge >= 0.3 is 11.9 Å². The molecule has 0 aliphatic rings. The molecule has 60 heavy (non-hydrogen) atoms. The van der Waals surface area contributed by atoms with Crippen molar-refractivity contribution >= 4 is 11.9 Å². The van der Waals surface area contributed by atoms with Gasteiger partial charge in [0.1, 0.15) is 6.61 Å². The topological polar surface area (TPSA) is 61.8 Å². The highest BCUT2D eigenvalue weighted by molar-refractivity contribution is 5.70. The van der Waals surface area contributed by atoms with E-state index in [0.29, 0.717) is 19.4 Å². The first-order chi connectivity index (χ1) is 29.6. The average molecular weight is 841 g/mol. The van der Waals surface area contributed by atoms with Crippen LogP contribution in [-0.4, -0.2) is 37.9 Å². The van der Waals surface area contributed by atoms with Crippen LogP contribution in [0.1, 0.15) is 265 Å². The molecule has 5 heteroatoms. The van der Waals surface area contributed by atoms with Gasteiger partial charge in [0.2, 0.25) is 0 Å². The fraction of sp³-hybridized carbons (Fsp3) is 0.818. The van der Waals surface area contributed by atoms with Crippen LogP contribution in [0.25, 0.3) is 0 Å². The minimum absolute atomic E-state index is 0.0732. The van der Waals surface area contributed by atoms with Gasteiger partial charge in [-0.3, -0.25) is 9.59 Å². The normalized spacial score (nSPS) is 12.5. The van der Waals surface area contributed by atoms with E-state index in [4.69, 9.17) is 14.2 Å². The molecule has 0 saturated heterocycles. The van der Waals surface area contributed by atoms with Crippen LogP contribution in [0.2, 0.25) is 0 Å². The van der Waals surface area contributed by atoms with Crippen LogP contribution in [0.3, 0.4) is 0 Å². The third kappa shape index (κ3) is 48.5. The predicted molar refractivity (Wildman–Crippen MR) is 261 cm³/mol. The van der Waals surface area contributed by atoms with Crippen LogP contribution in [-0.2, 0) is 23.8 Å². The molecule has 5 nitrogen and oxygen atoms in total. The van der Waals surface area contributed by atoms with Crippen LogP contribution in [0.5, 0.6) is 0 Å². The molecule has 0 fully saturated rings. The van der Waals surface area contributed by atoms with E-state index in [1.165, 1.54) is 148 Å². The summed E-state index contributed by atoms with van der Waals surface area (Å²) in [6.07, 6.45) is 62.6. The summed E-state index contributed by atoms with van der Waals surface area (Å²) >= 11 is 0. The molecule has 0 N–H and O–H groups in total. The monoisotopic (exact) mass is 841 g/mol. The van der Waals surface area contributed by atoms with E-state index in [-0.39, 0.29) is 25.2 Å². The molecule has 0 radical (unpaired) electrons. The lowest BCUT2D eigenvalue weighted by Crippen LogP contribution is -2.30. The summed E-state index contributed by atoms with van der Waals surface area (Å²) in [7, 11) is 0. The van der Waals surface area contributed by atoms with E-state index >= 15 is 0 Å². The van der Waals surface area contributed by atoms with Crippen molar-refractivity contribution in [2.24, 2.45) is 0 Å². The zero-order chi connectivity index (χ0) is 43.5. The van der Waals surface area contributed by atoms with E-state index < -0.39 is 6.10 Å². The van der Waals surface area contributed by atoms with E-state index in [9.17, 15) is 9.59 Å². The van der Waals surface area contributed by atoms with Gasteiger partial charge in [-0.1, -0.05) is 223 Å². The third-order valence-electron chi connectivity index (χ3n) is 11.3. The van der Waals surface area contributed by atoms with E-state index in [1.807, 2.05) is 0 Å². The van der Waals surface area contributed by atoms with Crippen molar-refractivity contribution in [3.05, 3.63) is 48.6 Å². The summed E-state index contributed by atoms with van der Waals surface area (Å²) < 4.78 is 17.4. The number of hydrogen-bond acceptors (Lipinski definition) is 5. The summed E-state index contributed by atoms with van der Waals surface area (Å²) in [5, 5.41) is 0. The third-order valence-corrected chi connectivity index (χ3v) is 11.3. The lowest BCUT2D eigenvalue weighted by molar-refractivity contribution is -0.163. The summed E-state index contributed by atoms with van der Waals surface area (Å²) in [4.78, 5) is 25.3. The molecule has 0 bridgehead atoms. The molecule has 0 saturated carbocycles. The Hall–Kier alpha value is -2.14. The van der Waals surface area contributed by atoms with Crippen molar-refractivity contribution in [3.8, 4) is 0 Å². The number of ether oxygens (including phenoxy) is 3. The van der Waals surface area contributed by atoms with Gasteiger partial charge in [0.15, 0.2) is 6.10 Å². The molecule has 0 aliphatic heterocycles. The van der Waals surface area contributed by atoms with Gasteiger partial charge in [0.25, 0.3) is 0 Å². The van der Waals surface area contributed by atoms with Crippen LogP contribution in [0.4, 0.5) is 0 Å². The van der Waals surface area contributed by atoms with Crippen LogP contribution >= 0.6 is 0 Å². The van der Waals surface area contributed by atoms with Crippen molar-refractivity contribution < 1.29 is 23.8 Å². The predicted octanol–water partition coefficient (Wildman–Crippen LogP) is 17.6. The highest BCUT2D eigenvalue weighted by Crippen LogP contribution is 2.15. The molecule has 350 valence electrons. The number of unbranched alkanes of at least 4 members (excludes halogenated alkanes) is 29. The second-order valence-electron chi connectivity index (χ2n) is 17.4. The number of rotatable bonds is 48. The Balaban J connectivity index is 4.25. The zero-order valence-corrected chi connectivity index (χ0v) is 40.2. The van der Waals surface area contributed by atoms with Crippen molar-refractivity contribution in [2.75, 3.05) is 19.8 Å². The molecule has 0 aromatic carbocycles. The summed E-state index contributed by atoms with van der Waals surface area (Å²) in [5.74, 6) is -0.423.